The van der Waals surface area contributed by atoms with E-state index in [1.165, 1.54) is 30.4 Å². The molecule has 0 bridgehead atoms. The lowest BCUT2D eigenvalue weighted by Gasteiger charge is -2.26. The number of aryl methyl sites for hydroxylation is 1. The summed E-state index contributed by atoms with van der Waals surface area (Å²) in [4.78, 5) is 0. The van der Waals surface area contributed by atoms with Crippen LogP contribution in [-0.4, -0.2) is 17.8 Å². The lowest BCUT2D eigenvalue weighted by Crippen LogP contribution is -2.30. The molecule has 2 atom stereocenters. The third-order valence-electron chi connectivity index (χ3n) is 3.03. The van der Waals surface area contributed by atoms with E-state index >= 15 is 0 Å². The molecule has 2 rings (SSSR count). The van der Waals surface area contributed by atoms with E-state index in [4.69, 9.17) is 0 Å². The number of rotatable bonds is 3. The van der Waals surface area contributed by atoms with Gasteiger partial charge in [-0.1, -0.05) is 24.3 Å². The van der Waals surface area contributed by atoms with Gasteiger partial charge in [-0.3, -0.25) is 0 Å². The van der Waals surface area contributed by atoms with Crippen LogP contribution in [0.3, 0.4) is 0 Å². The van der Waals surface area contributed by atoms with E-state index in [-0.39, 0.29) is 6.10 Å². The molecule has 0 saturated carbocycles. The second kappa shape index (κ2) is 4.77. The molecule has 0 amide bonds. The fraction of sp³-hybridized carbons (Fsp3) is 0.538. The van der Waals surface area contributed by atoms with Crippen LogP contribution >= 0.6 is 0 Å². The van der Waals surface area contributed by atoms with Crippen LogP contribution in [0.1, 0.15) is 36.9 Å². The molecule has 0 spiro atoms. The molecule has 15 heavy (non-hydrogen) atoms. The zero-order valence-electron chi connectivity index (χ0n) is 9.24. The quantitative estimate of drug-likeness (QED) is 0.791. The standard InChI is InChI=1S/C13H19NO/c1-10(15)9-14-13-8-4-6-11-5-2-3-7-12(11)13/h2-3,5,7,10,13-15H,4,6,8-9H2,1H3/t10-,13?/m0/s1. The maximum absolute atomic E-state index is 9.27. The van der Waals surface area contributed by atoms with Crippen LogP contribution in [0.2, 0.25) is 0 Å². The topological polar surface area (TPSA) is 32.3 Å². The van der Waals surface area contributed by atoms with Gasteiger partial charge in [0.05, 0.1) is 6.10 Å². The number of hydrogen-bond acceptors (Lipinski definition) is 2. The number of nitrogens with one attached hydrogen (secondary N) is 1. The van der Waals surface area contributed by atoms with E-state index < -0.39 is 0 Å². The summed E-state index contributed by atoms with van der Waals surface area (Å²) < 4.78 is 0. The number of fused-ring (bicyclic) bond motifs is 1. The molecule has 2 heteroatoms. The lowest BCUT2D eigenvalue weighted by molar-refractivity contribution is 0.184. The maximum Gasteiger partial charge on any atom is 0.0636 e. The van der Waals surface area contributed by atoms with Crippen LogP contribution in [0.25, 0.3) is 0 Å². The van der Waals surface area contributed by atoms with E-state index in [0.29, 0.717) is 12.6 Å². The molecule has 1 aromatic carbocycles. The fourth-order valence-electron chi connectivity index (χ4n) is 2.28. The Morgan fingerprint density at radius 2 is 2.27 bits per heavy atom. The highest BCUT2D eigenvalue weighted by molar-refractivity contribution is 5.32. The molecule has 0 radical (unpaired) electrons. The van der Waals surface area contributed by atoms with Crippen molar-refractivity contribution in [3.8, 4) is 0 Å². The number of benzene rings is 1. The fourth-order valence-corrected chi connectivity index (χ4v) is 2.28. The van der Waals surface area contributed by atoms with Gasteiger partial charge in [-0.15, -0.1) is 0 Å². The smallest absolute Gasteiger partial charge is 0.0636 e. The maximum atomic E-state index is 9.27. The number of aliphatic hydroxyl groups is 1. The molecule has 0 aliphatic heterocycles. The summed E-state index contributed by atoms with van der Waals surface area (Å²) >= 11 is 0. The van der Waals surface area contributed by atoms with Crippen LogP contribution in [-0.2, 0) is 6.42 Å². The number of hydrogen-bond donors (Lipinski definition) is 2. The Morgan fingerprint density at radius 1 is 1.47 bits per heavy atom. The van der Waals surface area contributed by atoms with Crippen molar-refractivity contribution < 1.29 is 5.11 Å². The molecule has 1 aromatic rings. The van der Waals surface area contributed by atoms with Gasteiger partial charge in [0.2, 0.25) is 0 Å². The van der Waals surface area contributed by atoms with Crippen molar-refractivity contribution in [2.24, 2.45) is 0 Å². The first-order chi connectivity index (χ1) is 7.27. The van der Waals surface area contributed by atoms with Gasteiger partial charge in [0, 0.05) is 12.6 Å². The second-order valence-electron chi connectivity index (χ2n) is 4.40. The van der Waals surface area contributed by atoms with Gasteiger partial charge in [-0.25, -0.2) is 0 Å². The summed E-state index contributed by atoms with van der Waals surface area (Å²) in [5, 5.41) is 12.7. The van der Waals surface area contributed by atoms with Crippen molar-refractivity contribution in [2.45, 2.75) is 38.3 Å². The van der Waals surface area contributed by atoms with E-state index in [0.717, 1.165) is 0 Å². The van der Waals surface area contributed by atoms with Crippen molar-refractivity contribution >= 4 is 0 Å². The Hall–Kier alpha value is -0.860. The van der Waals surface area contributed by atoms with Gasteiger partial charge >= 0.3 is 0 Å². The average Bonchev–Trinajstić information content (AvgIpc) is 2.26. The van der Waals surface area contributed by atoms with Crippen LogP contribution in [0.5, 0.6) is 0 Å². The van der Waals surface area contributed by atoms with Crippen molar-refractivity contribution in [3.63, 3.8) is 0 Å². The molecule has 1 unspecified atom stereocenters. The molecule has 82 valence electrons. The van der Waals surface area contributed by atoms with Gasteiger partial charge in [-0.05, 0) is 37.3 Å². The summed E-state index contributed by atoms with van der Waals surface area (Å²) in [6.07, 6.45) is 3.36. The molecular formula is C13H19NO. The summed E-state index contributed by atoms with van der Waals surface area (Å²) in [6.45, 7) is 2.50. The first-order valence-electron chi connectivity index (χ1n) is 5.76. The molecule has 0 heterocycles. The van der Waals surface area contributed by atoms with Gasteiger partial charge in [0.15, 0.2) is 0 Å². The monoisotopic (exact) mass is 205 g/mol. The third kappa shape index (κ3) is 2.58. The summed E-state index contributed by atoms with van der Waals surface area (Å²) in [5.74, 6) is 0. The van der Waals surface area contributed by atoms with E-state index in [2.05, 4.69) is 29.6 Å². The largest absolute Gasteiger partial charge is 0.392 e. The van der Waals surface area contributed by atoms with Gasteiger partial charge in [-0.2, -0.15) is 0 Å². The Labute approximate surface area is 91.3 Å². The van der Waals surface area contributed by atoms with E-state index in [9.17, 15) is 5.11 Å². The first-order valence-corrected chi connectivity index (χ1v) is 5.76. The highest BCUT2D eigenvalue weighted by Gasteiger charge is 2.18. The lowest BCUT2D eigenvalue weighted by atomic mass is 9.88. The van der Waals surface area contributed by atoms with Crippen LogP contribution < -0.4 is 5.32 Å². The highest BCUT2D eigenvalue weighted by atomic mass is 16.3. The second-order valence-corrected chi connectivity index (χ2v) is 4.40. The number of aliphatic hydroxyl groups excluding tert-OH is 1. The summed E-state index contributed by atoms with van der Waals surface area (Å²) in [5.41, 5.74) is 2.89. The molecule has 1 aliphatic rings. The molecule has 0 aromatic heterocycles. The summed E-state index contributed by atoms with van der Waals surface area (Å²) in [7, 11) is 0. The van der Waals surface area contributed by atoms with Crippen molar-refractivity contribution in [3.05, 3.63) is 35.4 Å². The van der Waals surface area contributed by atoms with Crippen molar-refractivity contribution in [1.82, 2.24) is 5.32 Å². The predicted molar refractivity (Wildman–Crippen MR) is 61.8 cm³/mol. The van der Waals surface area contributed by atoms with Gasteiger partial charge in [0.25, 0.3) is 0 Å². The van der Waals surface area contributed by atoms with Gasteiger partial charge < -0.3 is 10.4 Å². The van der Waals surface area contributed by atoms with E-state index in [1.807, 2.05) is 6.92 Å². The summed E-state index contributed by atoms with van der Waals surface area (Å²) in [6, 6.07) is 9.06. The molecular weight excluding hydrogens is 186 g/mol. The highest BCUT2D eigenvalue weighted by Crippen LogP contribution is 2.29. The zero-order chi connectivity index (χ0) is 10.7. The molecule has 0 saturated heterocycles. The molecule has 2 N–H and O–H groups in total. The Kier molecular flexibility index (Phi) is 3.39. The molecule has 1 aliphatic carbocycles. The Balaban J connectivity index is 2.08. The van der Waals surface area contributed by atoms with Crippen molar-refractivity contribution in [1.29, 1.82) is 0 Å². The minimum absolute atomic E-state index is 0.265. The SMILES string of the molecule is C[C@H](O)CNC1CCCc2ccccc21. The van der Waals surface area contributed by atoms with Crippen molar-refractivity contribution in [2.75, 3.05) is 6.54 Å². The third-order valence-corrected chi connectivity index (χ3v) is 3.03. The first kappa shape index (κ1) is 10.7. The predicted octanol–water partition coefficient (Wildman–Crippen LogP) is 2.03. The van der Waals surface area contributed by atoms with Crippen LogP contribution in [0, 0.1) is 0 Å². The Morgan fingerprint density at radius 3 is 3.07 bits per heavy atom. The zero-order valence-corrected chi connectivity index (χ0v) is 9.24. The normalized spacial score (nSPS) is 22.1. The minimum Gasteiger partial charge on any atom is -0.392 e. The minimum atomic E-state index is -0.265. The van der Waals surface area contributed by atoms with E-state index in [1.54, 1.807) is 0 Å². The Bertz CT molecular complexity index is 322. The van der Waals surface area contributed by atoms with Crippen LogP contribution in [0.4, 0.5) is 0 Å². The average molecular weight is 205 g/mol. The molecule has 0 fully saturated rings. The molecule has 2 nitrogen and oxygen atoms in total. The van der Waals surface area contributed by atoms with Crippen LogP contribution in [0.15, 0.2) is 24.3 Å². The van der Waals surface area contributed by atoms with Gasteiger partial charge in [0.1, 0.15) is 0 Å².